The molecule has 140 valence electrons. The van der Waals surface area contributed by atoms with Gasteiger partial charge in [0.25, 0.3) is 5.91 Å². The van der Waals surface area contributed by atoms with Crippen LogP contribution < -0.4 is 0 Å². The number of nitrogens with zero attached hydrogens (tertiary/aromatic N) is 5. The third-order valence-electron chi connectivity index (χ3n) is 6.25. The minimum Gasteiger partial charge on any atom is -0.459 e. The fourth-order valence-corrected chi connectivity index (χ4v) is 4.64. The van der Waals surface area contributed by atoms with E-state index in [1.807, 2.05) is 16.5 Å². The number of hydrogen-bond acceptors (Lipinski definition) is 5. The quantitative estimate of drug-likeness (QED) is 0.842. The molecule has 2 aromatic rings. The lowest BCUT2D eigenvalue weighted by molar-refractivity contribution is 0.0627. The van der Waals surface area contributed by atoms with Crippen molar-refractivity contribution in [2.24, 2.45) is 12.5 Å². The highest BCUT2D eigenvalue weighted by molar-refractivity contribution is 5.91. The minimum atomic E-state index is -0.0228. The zero-order chi connectivity index (χ0) is 18.3. The lowest BCUT2D eigenvalue weighted by atomic mass is 9.70. The fraction of sp³-hybridized carbons (Fsp3) is 0.632. The first-order valence-corrected chi connectivity index (χ1v) is 9.41. The molecule has 1 amide bonds. The van der Waals surface area contributed by atoms with Crippen molar-refractivity contribution < 1.29 is 9.21 Å². The fourth-order valence-electron chi connectivity index (χ4n) is 4.64. The SMILES string of the molecule is CC(C)N1CCC2(CC1)CN(C(=O)c1ccco1)CC2c1nncn1C. The van der Waals surface area contributed by atoms with Gasteiger partial charge in [0, 0.05) is 37.5 Å². The Balaban J connectivity index is 1.62. The predicted molar refractivity (Wildman–Crippen MR) is 96.7 cm³/mol. The van der Waals surface area contributed by atoms with Gasteiger partial charge in [0.15, 0.2) is 5.76 Å². The van der Waals surface area contributed by atoms with Crippen molar-refractivity contribution in [2.75, 3.05) is 26.2 Å². The summed E-state index contributed by atoms with van der Waals surface area (Å²) >= 11 is 0. The lowest BCUT2D eigenvalue weighted by Crippen LogP contribution is -2.46. The summed E-state index contributed by atoms with van der Waals surface area (Å²) in [6, 6.07) is 4.06. The molecule has 26 heavy (non-hydrogen) atoms. The molecule has 2 aliphatic rings. The van der Waals surface area contributed by atoms with E-state index in [9.17, 15) is 4.79 Å². The summed E-state index contributed by atoms with van der Waals surface area (Å²) in [5, 5.41) is 8.48. The third-order valence-corrected chi connectivity index (χ3v) is 6.25. The van der Waals surface area contributed by atoms with E-state index in [1.54, 1.807) is 24.7 Å². The molecular formula is C19H27N5O2. The van der Waals surface area contributed by atoms with Crippen LogP contribution in [0, 0.1) is 5.41 Å². The van der Waals surface area contributed by atoms with E-state index in [4.69, 9.17) is 4.42 Å². The molecular weight excluding hydrogens is 330 g/mol. The van der Waals surface area contributed by atoms with Gasteiger partial charge in [-0.3, -0.25) is 4.79 Å². The van der Waals surface area contributed by atoms with Gasteiger partial charge in [0.1, 0.15) is 12.2 Å². The molecule has 1 unspecified atom stereocenters. The van der Waals surface area contributed by atoms with Crippen molar-refractivity contribution in [1.29, 1.82) is 0 Å². The molecule has 7 heteroatoms. The topological polar surface area (TPSA) is 67.4 Å². The maximum absolute atomic E-state index is 12.9. The second kappa shape index (κ2) is 6.54. The molecule has 2 aromatic heterocycles. The molecule has 0 saturated carbocycles. The second-order valence-electron chi connectivity index (χ2n) is 8.01. The molecule has 2 fully saturated rings. The summed E-state index contributed by atoms with van der Waals surface area (Å²) < 4.78 is 7.35. The Labute approximate surface area is 154 Å². The van der Waals surface area contributed by atoms with Gasteiger partial charge in [-0.1, -0.05) is 0 Å². The number of piperidine rings is 1. The van der Waals surface area contributed by atoms with Crippen LogP contribution in [0.2, 0.25) is 0 Å². The second-order valence-corrected chi connectivity index (χ2v) is 8.01. The Hall–Kier alpha value is -2.15. The summed E-state index contributed by atoms with van der Waals surface area (Å²) in [7, 11) is 1.99. The Kier molecular flexibility index (Phi) is 4.34. The number of carbonyl (C=O) groups is 1. The van der Waals surface area contributed by atoms with E-state index in [0.717, 1.165) is 38.3 Å². The molecule has 7 nitrogen and oxygen atoms in total. The van der Waals surface area contributed by atoms with Crippen LogP contribution in [0.5, 0.6) is 0 Å². The minimum absolute atomic E-state index is 0.0228. The Morgan fingerprint density at radius 3 is 2.69 bits per heavy atom. The van der Waals surface area contributed by atoms with Crippen molar-refractivity contribution >= 4 is 5.91 Å². The zero-order valence-corrected chi connectivity index (χ0v) is 15.8. The molecule has 0 aromatic carbocycles. The largest absolute Gasteiger partial charge is 0.459 e. The molecule has 2 aliphatic heterocycles. The van der Waals surface area contributed by atoms with Gasteiger partial charge in [-0.05, 0) is 51.9 Å². The van der Waals surface area contributed by atoms with Crippen LogP contribution in [0.1, 0.15) is 49.0 Å². The molecule has 2 saturated heterocycles. The molecule has 0 radical (unpaired) electrons. The number of rotatable bonds is 3. The number of aryl methyl sites for hydroxylation is 1. The Morgan fingerprint density at radius 1 is 1.35 bits per heavy atom. The molecule has 0 aliphatic carbocycles. The number of amides is 1. The highest BCUT2D eigenvalue weighted by Gasteiger charge is 2.51. The van der Waals surface area contributed by atoms with Gasteiger partial charge in [0.2, 0.25) is 0 Å². The van der Waals surface area contributed by atoms with Crippen LogP contribution in [-0.2, 0) is 7.05 Å². The first-order valence-electron chi connectivity index (χ1n) is 9.41. The van der Waals surface area contributed by atoms with Gasteiger partial charge in [0.05, 0.1) is 6.26 Å². The number of carbonyl (C=O) groups excluding carboxylic acids is 1. The van der Waals surface area contributed by atoms with Crippen molar-refractivity contribution in [1.82, 2.24) is 24.6 Å². The van der Waals surface area contributed by atoms with Crippen LogP contribution in [0.15, 0.2) is 29.1 Å². The van der Waals surface area contributed by atoms with E-state index in [2.05, 4.69) is 28.9 Å². The summed E-state index contributed by atoms with van der Waals surface area (Å²) in [6.07, 6.45) is 5.46. The monoisotopic (exact) mass is 357 g/mol. The molecule has 4 heterocycles. The normalized spacial score (nSPS) is 23.2. The van der Waals surface area contributed by atoms with Crippen molar-refractivity contribution in [2.45, 2.75) is 38.6 Å². The zero-order valence-electron chi connectivity index (χ0n) is 15.8. The first kappa shape index (κ1) is 17.3. The Morgan fingerprint density at radius 2 is 2.12 bits per heavy atom. The highest BCUT2D eigenvalue weighted by Crippen LogP contribution is 2.49. The standard InChI is InChI=1S/C19H27N5O2/c1-14(2)23-8-6-19(7-9-23)12-24(18(25)16-5-4-10-26-16)11-15(19)17-21-20-13-22(17)3/h4-5,10,13-15H,6-9,11-12H2,1-3H3. The van der Waals surface area contributed by atoms with Crippen LogP contribution in [0.4, 0.5) is 0 Å². The number of hydrogen-bond donors (Lipinski definition) is 0. The molecule has 1 atom stereocenters. The van der Waals surface area contributed by atoms with Gasteiger partial charge >= 0.3 is 0 Å². The van der Waals surface area contributed by atoms with Crippen LogP contribution in [-0.4, -0.2) is 62.7 Å². The highest BCUT2D eigenvalue weighted by atomic mass is 16.3. The smallest absolute Gasteiger partial charge is 0.289 e. The average molecular weight is 357 g/mol. The van der Waals surface area contributed by atoms with Crippen molar-refractivity contribution in [3.8, 4) is 0 Å². The van der Waals surface area contributed by atoms with Gasteiger partial charge < -0.3 is 18.8 Å². The first-order chi connectivity index (χ1) is 12.5. The molecule has 0 bridgehead atoms. The van der Waals surface area contributed by atoms with Gasteiger partial charge in [-0.25, -0.2) is 0 Å². The van der Waals surface area contributed by atoms with E-state index < -0.39 is 0 Å². The number of furan rings is 1. The molecule has 4 rings (SSSR count). The number of likely N-dealkylation sites (tertiary alicyclic amines) is 2. The van der Waals surface area contributed by atoms with E-state index in [-0.39, 0.29) is 17.2 Å². The van der Waals surface area contributed by atoms with Crippen molar-refractivity contribution in [3.05, 3.63) is 36.3 Å². The van der Waals surface area contributed by atoms with Gasteiger partial charge in [-0.15, -0.1) is 10.2 Å². The molecule has 0 N–H and O–H groups in total. The van der Waals surface area contributed by atoms with Crippen LogP contribution in [0.3, 0.4) is 0 Å². The van der Waals surface area contributed by atoms with E-state index >= 15 is 0 Å². The number of aromatic nitrogens is 3. The average Bonchev–Trinajstić information content (AvgIpc) is 3.35. The lowest BCUT2D eigenvalue weighted by Gasteiger charge is -2.43. The predicted octanol–water partition coefficient (Wildman–Crippen LogP) is 2.14. The van der Waals surface area contributed by atoms with E-state index in [0.29, 0.717) is 18.3 Å². The van der Waals surface area contributed by atoms with Crippen LogP contribution >= 0.6 is 0 Å². The van der Waals surface area contributed by atoms with Crippen molar-refractivity contribution in [3.63, 3.8) is 0 Å². The Bertz CT molecular complexity index is 759. The summed E-state index contributed by atoms with van der Waals surface area (Å²) in [5.74, 6) is 1.59. The van der Waals surface area contributed by atoms with Crippen LogP contribution in [0.25, 0.3) is 0 Å². The molecule has 1 spiro atoms. The summed E-state index contributed by atoms with van der Waals surface area (Å²) in [5.41, 5.74) is 0.0639. The summed E-state index contributed by atoms with van der Waals surface area (Å²) in [4.78, 5) is 17.4. The third kappa shape index (κ3) is 2.84. The summed E-state index contributed by atoms with van der Waals surface area (Å²) in [6.45, 7) is 8.06. The maximum Gasteiger partial charge on any atom is 0.289 e. The van der Waals surface area contributed by atoms with Gasteiger partial charge in [-0.2, -0.15) is 0 Å². The van der Waals surface area contributed by atoms with E-state index in [1.165, 1.54) is 0 Å². The maximum atomic E-state index is 12.9.